The number of hydrogen-bond acceptors (Lipinski definition) is 4. The number of aryl methyl sites for hydroxylation is 2. The maximum absolute atomic E-state index is 13.3. The van der Waals surface area contributed by atoms with Crippen LogP contribution in [0.15, 0.2) is 59.8 Å². The summed E-state index contributed by atoms with van der Waals surface area (Å²) in [6.45, 7) is 7.66. The van der Waals surface area contributed by atoms with Crippen LogP contribution >= 0.6 is 0 Å². The Kier molecular flexibility index (Phi) is 6.22. The van der Waals surface area contributed by atoms with E-state index in [1.54, 1.807) is 56.6 Å². The van der Waals surface area contributed by atoms with Crippen LogP contribution in [-0.4, -0.2) is 19.3 Å². The predicted molar refractivity (Wildman–Crippen MR) is 118 cm³/mol. The summed E-state index contributed by atoms with van der Waals surface area (Å²) >= 11 is 0. The number of pyridine rings is 1. The predicted octanol–water partition coefficient (Wildman–Crippen LogP) is 4.05. The van der Waals surface area contributed by atoms with E-state index in [0.29, 0.717) is 17.7 Å². The molecule has 0 aliphatic carbocycles. The minimum absolute atomic E-state index is 0.235. The molecule has 1 aromatic heterocycles. The number of amides is 1. The average Bonchev–Trinajstić information content (AvgIpc) is 2.71. The number of carbonyl (C=O) groups is 1. The Balaban J connectivity index is 1.90. The highest BCUT2D eigenvalue weighted by Crippen LogP contribution is 2.28. The highest BCUT2D eigenvalue weighted by atomic mass is 32.2. The van der Waals surface area contributed by atoms with Gasteiger partial charge in [-0.15, -0.1) is 0 Å². The number of rotatable bonds is 6. The molecule has 30 heavy (non-hydrogen) atoms. The second kappa shape index (κ2) is 8.67. The van der Waals surface area contributed by atoms with Crippen LogP contribution in [0.25, 0.3) is 0 Å². The summed E-state index contributed by atoms with van der Waals surface area (Å²) in [5.41, 5.74) is 4.55. The van der Waals surface area contributed by atoms with Gasteiger partial charge in [-0.1, -0.05) is 24.3 Å². The molecule has 0 saturated heterocycles. The first-order valence-corrected chi connectivity index (χ1v) is 11.1. The Hall–Kier alpha value is -3.19. The number of aromatic nitrogens is 1. The van der Waals surface area contributed by atoms with E-state index in [2.05, 4.69) is 15.0 Å². The number of nitrogens with zero attached hydrogens (tertiary/aromatic N) is 1. The first-order valence-electron chi connectivity index (χ1n) is 9.57. The van der Waals surface area contributed by atoms with Crippen molar-refractivity contribution in [2.24, 2.45) is 0 Å². The van der Waals surface area contributed by atoms with Gasteiger partial charge in [0.2, 0.25) is 0 Å². The minimum Gasteiger partial charge on any atom is -0.348 e. The standard InChI is InChI=1S/C23H25N3O3S/c1-15-12-16(2)18(4)22(17(15)3)30(28,29)26-21-10-6-5-9-20(21)23(27)25-14-19-8-7-11-24-13-19/h5-13,26H,14H2,1-4H3,(H,25,27). The number of carbonyl (C=O) groups excluding carboxylic acids is 1. The van der Waals surface area contributed by atoms with E-state index in [1.807, 2.05) is 26.0 Å². The summed E-state index contributed by atoms with van der Waals surface area (Å²) in [7, 11) is -3.88. The van der Waals surface area contributed by atoms with E-state index >= 15 is 0 Å². The van der Waals surface area contributed by atoms with Crippen LogP contribution in [0.5, 0.6) is 0 Å². The van der Waals surface area contributed by atoms with Crippen LogP contribution in [0.4, 0.5) is 5.69 Å². The van der Waals surface area contributed by atoms with Crippen molar-refractivity contribution in [2.75, 3.05) is 4.72 Å². The lowest BCUT2D eigenvalue weighted by molar-refractivity contribution is 0.0952. The lowest BCUT2D eigenvalue weighted by atomic mass is 10.0. The largest absolute Gasteiger partial charge is 0.348 e. The molecule has 7 heteroatoms. The lowest BCUT2D eigenvalue weighted by Crippen LogP contribution is -2.25. The Morgan fingerprint density at radius 3 is 2.27 bits per heavy atom. The van der Waals surface area contributed by atoms with Gasteiger partial charge in [-0.3, -0.25) is 14.5 Å². The molecule has 1 heterocycles. The zero-order valence-electron chi connectivity index (χ0n) is 17.5. The molecule has 0 spiro atoms. The van der Waals surface area contributed by atoms with Crippen molar-refractivity contribution >= 4 is 21.6 Å². The molecule has 0 aliphatic heterocycles. The number of para-hydroxylation sites is 1. The van der Waals surface area contributed by atoms with Gasteiger partial charge in [0.25, 0.3) is 15.9 Å². The zero-order chi connectivity index (χ0) is 21.9. The van der Waals surface area contributed by atoms with E-state index in [4.69, 9.17) is 0 Å². The van der Waals surface area contributed by atoms with Crippen LogP contribution in [0.2, 0.25) is 0 Å². The first kappa shape index (κ1) is 21.5. The monoisotopic (exact) mass is 423 g/mol. The first-order chi connectivity index (χ1) is 14.2. The molecule has 0 bridgehead atoms. The maximum Gasteiger partial charge on any atom is 0.262 e. The van der Waals surface area contributed by atoms with Crippen LogP contribution in [0.3, 0.4) is 0 Å². The van der Waals surface area contributed by atoms with Crippen molar-refractivity contribution < 1.29 is 13.2 Å². The Labute approximate surface area is 177 Å². The quantitative estimate of drug-likeness (QED) is 0.626. The van der Waals surface area contributed by atoms with Gasteiger partial charge in [-0.05, 0) is 73.7 Å². The molecule has 0 atom stereocenters. The molecular formula is C23H25N3O3S. The fourth-order valence-electron chi connectivity index (χ4n) is 3.33. The van der Waals surface area contributed by atoms with Gasteiger partial charge >= 0.3 is 0 Å². The number of nitrogens with one attached hydrogen (secondary N) is 2. The average molecular weight is 424 g/mol. The van der Waals surface area contributed by atoms with Gasteiger partial charge in [0.15, 0.2) is 0 Å². The van der Waals surface area contributed by atoms with Gasteiger partial charge in [0, 0.05) is 18.9 Å². The molecule has 1 amide bonds. The maximum atomic E-state index is 13.3. The van der Waals surface area contributed by atoms with E-state index in [0.717, 1.165) is 16.7 Å². The fraction of sp³-hybridized carbons (Fsp3) is 0.217. The third-order valence-corrected chi connectivity index (χ3v) is 6.80. The van der Waals surface area contributed by atoms with Crippen molar-refractivity contribution in [1.82, 2.24) is 10.3 Å². The van der Waals surface area contributed by atoms with Gasteiger partial charge in [0.1, 0.15) is 0 Å². The molecule has 6 nitrogen and oxygen atoms in total. The fourth-order valence-corrected chi connectivity index (χ4v) is 5.03. The highest BCUT2D eigenvalue weighted by molar-refractivity contribution is 7.92. The van der Waals surface area contributed by atoms with E-state index in [-0.39, 0.29) is 22.1 Å². The van der Waals surface area contributed by atoms with Crippen LogP contribution in [0.1, 0.15) is 38.2 Å². The summed E-state index contributed by atoms with van der Waals surface area (Å²) in [6.07, 6.45) is 3.33. The molecule has 2 aromatic carbocycles. The number of benzene rings is 2. The Bertz CT molecular complexity index is 1160. The molecule has 3 rings (SSSR count). The Morgan fingerprint density at radius 2 is 1.63 bits per heavy atom. The molecule has 3 aromatic rings. The summed E-state index contributed by atoms with van der Waals surface area (Å²) in [6, 6.07) is 12.2. The van der Waals surface area contributed by atoms with Gasteiger partial charge in [-0.2, -0.15) is 0 Å². The summed E-state index contributed by atoms with van der Waals surface area (Å²) in [5.74, 6) is -0.369. The normalized spacial score (nSPS) is 11.2. The number of anilines is 1. The van der Waals surface area contributed by atoms with Crippen LogP contribution in [-0.2, 0) is 16.6 Å². The van der Waals surface area contributed by atoms with Crippen molar-refractivity contribution in [2.45, 2.75) is 39.1 Å². The molecule has 2 N–H and O–H groups in total. The second-order valence-electron chi connectivity index (χ2n) is 7.28. The van der Waals surface area contributed by atoms with Crippen molar-refractivity contribution in [1.29, 1.82) is 0 Å². The zero-order valence-corrected chi connectivity index (χ0v) is 18.3. The van der Waals surface area contributed by atoms with E-state index in [1.165, 1.54) is 0 Å². The summed E-state index contributed by atoms with van der Waals surface area (Å²) in [5, 5.41) is 2.81. The molecular weight excluding hydrogens is 398 g/mol. The van der Waals surface area contributed by atoms with Crippen molar-refractivity contribution in [3.63, 3.8) is 0 Å². The molecule has 0 unspecified atom stereocenters. The summed E-state index contributed by atoms with van der Waals surface area (Å²) in [4.78, 5) is 17.0. The SMILES string of the molecule is Cc1cc(C)c(C)c(S(=O)(=O)Nc2ccccc2C(=O)NCc2cccnc2)c1C. The second-order valence-corrected chi connectivity index (χ2v) is 8.90. The smallest absolute Gasteiger partial charge is 0.262 e. The van der Waals surface area contributed by atoms with Crippen molar-refractivity contribution in [3.8, 4) is 0 Å². The molecule has 0 saturated carbocycles. The highest BCUT2D eigenvalue weighted by Gasteiger charge is 2.24. The molecule has 156 valence electrons. The number of hydrogen-bond donors (Lipinski definition) is 2. The molecule has 0 fully saturated rings. The molecule has 0 radical (unpaired) electrons. The number of sulfonamides is 1. The van der Waals surface area contributed by atoms with Crippen LogP contribution < -0.4 is 10.0 Å². The minimum atomic E-state index is -3.88. The van der Waals surface area contributed by atoms with E-state index in [9.17, 15) is 13.2 Å². The molecule has 0 aliphatic rings. The topological polar surface area (TPSA) is 88.2 Å². The van der Waals surface area contributed by atoms with E-state index < -0.39 is 10.0 Å². The van der Waals surface area contributed by atoms with Gasteiger partial charge < -0.3 is 5.32 Å². The van der Waals surface area contributed by atoms with Gasteiger partial charge in [-0.25, -0.2) is 8.42 Å². The van der Waals surface area contributed by atoms with Crippen LogP contribution in [0, 0.1) is 27.7 Å². The lowest BCUT2D eigenvalue weighted by Gasteiger charge is -2.18. The van der Waals surface area contributed by atoms with Gasteiger partial charge in [0.05, 0.1) is 16.1 Å². The van der Waals surface area contributed by atoms with Crippen molar-refractivity contribution in [3.05, 3.63) is 88.2 Å². The Morgan fingerprint density at radius 1 is 0.967 bits per heavy atom. The third kappa shape index (κ3) is 4.52. The summed E-state index contributed by atoms with van der Waals surface area (Å²) < 4.78 is 29.1. The third-order valence-electron chi connectivity index (χ3n) is 5.16.